The standard InChI is InChI=1S/C22H19FN4O2S/c1-2-27-20(13-29-19-7-3-5-16-6-4-12-24-21(16)19)25-26-22(27)30-14-18(28)15-8-10-17(23)11-9-15/h3-12H,2,13-14H2,1H3. The van der Waals surface area contributed by atoms with E-state index in [1.807, 2.05) is 41.8 Å². The van der Waals surface area contributed by atoms with E-state index >= 15 is 0 Å². The monoisotopic (exact) mass is 422 g/mol. The molecule has 2 aromatic heterocycles. The molecule has 0 aliphatic carbocycles. The van der Waals surface area contributed by atoms with Crippen LogP contribution in [0.2, 0.25) is 0 Å². The van der Waals surface area contributed by atoms with Crippen molar-refractivity contribution in [3.63, 3.8) is 0 Å². The van der Waals surface area contributed by atoms with Gasteiger partial charge < -0.3 is 9.30 Å². The lowest BCUT2D eigenvalue weighted by atomic mass is 10.1. The van der Waals surface area contributed by atoms with E-state index in [0.29, 0.717) is 28.8 Å². The van der Waals surface area contributed by atoms with Crippen LogP contribution in [0.5, 0.6) is 5.75 Å². The highest BCUT2D eigenvalue weighted by Crippen LogP contribution is 2.24. The molecule has 6 nitrogen and oxygen atoms in total. The maximum absolute atomic E-state index is 13.0. The average Bonchev–Trinajstić information content (AvgIpc) is 3.18. The van der Waals surface area contributed by atoms with Crippen molar-refractivity contribution >= 4 is 28.4 Å². The van der Waals surface area contributed by atoms with Gasteiger partial charge in [0.05, 0.1) is 5.75 Å². The molecule has 0 amide bonds. The van der Waals surface area contributed by atoms with Gasteiger partial charge in [0.15, 0.2) is 16.8 Å². The number of fused-ring (bicyclic) bond motifs is 1. The molecule has 0 aliphatic rings. The van der Waals surface area contributed by atoms with Crippen LogP contribution in [0.15, 0.2) is 66.0 Å². The summed E-state index contributed by atoms with van der Waals surface area (Å²) in [6.45, 7) is 2.87. The second kappa shape index (κ2) is 9.04. The van der Waals surface area contributed by atoms with Crippen molar-refractivity contribution in [1.82, 2.24) is 19.7 Å². The maximum Gasteiger partial charge on any atom is 0.191 e. The molecule has 0 fully saturated rings. The molecule has 0 N–H and O–H groups in total. The van der Waals surface area contributed by atoms with E-state index in [1.165, 1.54) is 36.0 Å². The predicted molar refractivity (Wildman–Crippen MR) is 113 cm³/mol. The van der Waals surface area contributed by atoms with Gasteiger partial charge in [0.25, 0.3) is 0 Å². The molecule has 0 spiro atoms. The molecule has 2 heterocycles. The number of thioether (sulfide) groups is 1. The number of ether oxygens (including phenoxy) is 1. The highest BCUT2D eigenvalue weighted by Gasteiger charge is 2.15. The summed E-state index contributed by atoms with van der Waals surface area (Å²) in [4.78, 5) is 16.7. The van der Waals surface area contributed by atoms with E-state index < -0.39 is 0 Å². The maximum atomic E-state index is 13.0. The summed E-state index contributed by atoms with van der Waals surface area (Å²) in [5.41, 5.74) is 1.26. The van der Waals surface area contributed by atoms with Gasteiger partial charge in [-0.3, -0.25) is 9.78 Å². The number of halogens is 1. The fraction of sp³-hybridized carbons (Fsp3) is 0.182. The van der Waals surface area contributed by atoms with E-state index in [1.54, 1.807) is 6.20 Å². The number of carbonyl (C=O) groups is 1. The number of pyridine rings is 1. The Morgan fingerprint density at radius 2 is 1.90 bits per heavy atom. The van der Waals surface area contributed by atoms with Gasteiger partial charge in [-0.25, -0.2) is 4.39 Å². The number of benzene rings is 2. The van der Waals surface area contributed by atoms with Gasteiger partial charge in [0.2, 0.25) is 0 Å². The van der Waals surface area contributed by atoms with E-state index in [0.717, 1.165) is 10.9 Å². The first-order valence-corrected chi connectivity index (χ1v) is 10.4. The lowest BCUT2D eigenvalue weighted by Crippen LogP contribution is -2.08. The van der Waals surface area contributed by atoms with Crippen LogP contribution in [0.3, 0.4) is 0 Å². The van der Waals surface area contributed by atoms with Crippen LogP contribution in [0, 0.1) is 5.82 Å². The van der Waals surface area contributed by atoms with Crippen molar-refractivity contribution in [3.05, 3.63) is 78.0 Å². The van der Waals surface area contributed by atoms with Crippen LogP contribution < -0.4 is 4.74 Å². The topological polar surface area (TPSA) is 69.9 Å². The van der Waals surface area contributed by atoms with E-state index in [2.05, 4.69) is 15.2 Å². The lowest BCUT2D eigenvalue weighted by Gasteiger charge is -2.10. The fourth-order valence-corrected chi connectivity index (χ4v) is 3.95. The molecule has 0 bridgehead atoms. The summed E-state index contributed by atoms with van der Waals surface area (Å²) in [5, 5.41) is 10.1. The van der Waals surface area contributed by atoms with Crippen LogP contribution in [0.1, 0.15) is 23.1 Å². The molecule has 0 saturated carbocycles. The van der Waals surface area contributed by atoms with Gasteiger partial charge in [-0.05, 0) is 43.3 Å². The Bertz CT molecular complexity index is 1170. The van der Waals surface area contributed by atoms with Crippen molar-refractivity contribution in [2.24, 2.45) is 0 Å². The summed E-state index contributed by atoms with van der Waals surface area (Å²) in [6, 6.07) is 15.2. The van der Waals surface area contributed by atoms with E-state index in [4.69, 9.17) is 4.74 Å². The van der Waals surface area contributed by atoms with Crippen molar-refractivity contribution in [1.29, 1.82) is 0 Å². The minimum absolute atomic E-state index is 0.0923. The molecule has 30 heavy (non-hydrogen) atoms. The third kappa shape index (κ3) is 4.33. The van der Waals surface area contributed by atoms with Crippen molar-refractivity contribution < 1.29 is 13.9 Å². The first-order chi connectivity index (χ1) is 14.7. The number of ketones is 1. The Kier molecular flexibility index (Phi) is 6.04. The molecule has 152 valence electrons. The molecular weight excluding hydrogens is 403 g/mol. The predicted octanol–water partition coefficient (Wildman–Crippen LogP) is 4.54. The summed E-state index contributed by atoms with van der Waals surface area (Å²) in [7, 11) is 0. The first-order valence-electron chi connectivity index (χ1n) is 9.46. The molecule has 2 aromatic carbocycles. The Morgan fingerprint density at radius 1 is 1.10 bits per heavy atom. The largest absolute Gasteiger partial charge is 0.483 e. The van der Waals surface area contributed by atoms with Crippen LogP contribution in [0.4, 0.5) is 4.39 Å². The van der Waals surface area contributed by atoms with Crippen LogP contribution in [-0.2, 0) is 13.2 Å². The minimum atomic E-state index is -0.365. The number of nitrogens with zero attached hydrogens (tertiary/aromatic N) is 4. The Labute approximate surface area is 177 Å². The zero-order valence-electron chi connectivity index (χ0n) is 16.3. The zero-order chi connectivity index (χ0) is 20.9. The second-order valence-corrected chi connectivity index (χ2v) is 7.42. The average molecular weight is 422 g/mol. The molecule has 0 radical (unpaired) electrons. The summed E-state index contributed by atoms with van der Waals surface area (Å²) in [6.07, 6.45) is 1.73. The number of para-hydroxylation sites is 1. The van der Waals surface area contributed by atoms with Crippen molar-refractivity contribution in [2.75, 3.05) is 5.75 Å². The number of hydrogen-bond donors (Lipinski definition) is 0. The molecule has 4 rings (SSSR count). The fourth-order valence-electron chi connectivity index (χ4n) is 3.03. The third-order valence-electron chi connectivity index (χ3n) is 4.56. The SMILES string of the molecule is CCn1c(COc2cccc3cccnc23)nnc1SCC(=O)c1ccc(F)cc1. The van der Waals surface area contributed by atoms with Crippen molar-refractivity contribution in [2.45, 2.75) is 25.2 Å². The number of Topliss-reactive ketones (excluding diaryl/α,β-unsaturated/α-hetero) is 1. The quantitative estimate of drug-likeness (QED) is 0.307. The van der Waals surface area contributed by atoms with Gasteiger partial charge >= 0.3 is 0 Å². The molecule has 8 heteroatoms. The molecular formula is C22H19FN4O2S. The summed E-state index contributed by atoms with van der Waals surface area (Å²) < 4.78 is 20.9. The van der Waals surface area contributed by atoms with Crippen LogP contribution in [-0.4, -0.2) is 31.3 Å². The van der Waals surface area contributed by atoms with Crippen molar-refractivity contribution in [3.8, 4) is 5.75 Å². The Balaban J connectivity index is 1.44. The Morgan fingerprint density at radius 3 is 2.70 bits per heavy atom. The summed E-state index contributed by atoms with van der Waals surface area (Å²) >= 11 is 1.30. The molecule has 4 aromatic rings. The highest BCUT2D eigenvalue weighted by molar-refractivity contribution is 7.99. The van der Waals surface area contributed by atoms with Crippen LogP contribution in [0.25, 0.3) is 10.9 Å². The normalized spacial score (nSPS) is 11.0. The van der Waals surface area contributed by atoms with Gasteiger partial charge in [0, 0.05) is 23.7 Å². The molecule has 0 atom stereocenters. The van der Waals surface area contributed by atoms with Gasteiger partial charge in [0.1, 0.15) is 23.7 Å². The van der Waals surface area contributed by atoms with Gasteiger partial charge in [-0.1, -0.05) is 30.0 Å². The lowest BCUT2D eigenvalue weighted by molar-refractivity contribution is 0.102. The second-order valence-electron chi connectivity index (χ2n) is 6.48. The third-order valence-corrected chi connectivity index (χ3v) is 5.53. The number of hydrogen-bond acceptors (Lipinski definition) is 6. The number of rotatable bonds is 8. The van der Waals surface area contributed by atoms with Crippen LogP contribution >= 0.6 is 11.8 Å². The van der Waals surface area contributed by atoms with E-state index in [9.17, 15) is 9.18 Å². The van der Waals surface area contributed by atoms with E-state index in [-0.39, 0.29) is 24.0 Å². The summed E-state index contributed by atoms with van der Waals surface area (Å²) in [5.74, 6) is 1.08. The molecule has 0 unspecified atom stereocenters. The number of carbonyl (C=O) groups excluding carboxylic acids is 1. The smallest absolute Gasteiger partial charge is 0.191 e. The minimum Gasteiger partial charge on any atom is -0.483 e. The molecule has 0 aliphatic heterocycles. The van der Waals surface area contributed by atoms with Gasteiger partial charge in [-0.15, -0.1) is 10.2 Å². The van der Waals surface area contributed by atoms with Gasteiger partial charge in [-0.2, -0.15) is 0 Å². The number of aromatic nitrogens is 4. The zero-order valence-corrected chi connectivity index (χ0v) is 17.1. The Hall–Kier alpha value is -3.26. The first kappa shape index (κ1) is 20.0. The molecule has 0 saturated heterocycles. The highest BCUT2D eigenvalue weighted by atomic mass is 32.2.